The van der Waals surface area contributed by atoms with Gasteiger partial charge in [-0.3, -0.25) is 4.90 Å². The predicted octanol–water partition coefficient (Wildman–Crippen LogP) is 3.06. The number of rotatable bonds is 3. The van der Waals surface area contributed by atoms with Crippen LogP contribution in [0.15, 0.2) is 22.7 Å². The van der Waals surface area contributed by atoms with Gasteiger partial charge in [0.25, 0.3) is 0 Å². The Kier molecular flexibility index (Phi) is 2.98. The van der Waals surface area contributed by atoms with Crippen molar-refractivity contribution >= 4 is 27.5 Å². The average Bonchev–Trinajstić information content (AvgIpc) is 3.02. The molecule has 1 aliphatic carbocycles. The van der Waals surface area contributed by atoms with Crippen LogP contribution in [-0.4, -0.2) is 28.7 Å². The van der Waals surface area contributed by atoms with E-state index in [1.54, 1.807) is 0 Å². The topological polar surface area (TPSA) is 23.5 Å². The molecular formula is C13H15BrClNO. The van der Waals surface area contributed by atoms with Crippen molar-refractivity contribution in [2.75, 3.05) is 13.1 Å². The minimum Gasteiger partial charge on any atom is -0.387 e. The Bertz CT molecular complexity index is 441. The molecule has 1 aliphatic heterocycles. The molecule has 2 aliphatic rings. The summed E-state index contributed by atoms with van der Waals surface area (Å²) in [6.45, 7) is 2.43. The van der Waals surface area contributed by atoms with Crippen molar-refractivity contribution in [3.63, 3.8) is 0 Å². The van der Waals surface area contributed by atoms with E-state index < -0.39 is 5.60 Å². The Balaban J connectivity index is 1.61. The second-order valence-corrected chi connectivity index (χ2v) is 6.58. The van der Waals surface area contributed by atoms with E-state index in [2.05, 4.69) is 20.8 Å². The highest BCUT2D eigenvalue weighted by Gasteiger charge is 2.51. The van der Waals surface area contributed by atoms with Gasteiger partial charge in [0.15, 0.2) is 0 Å². The molecule has 3 rings (SSSR count). The summed E-state index contributed by atoms with van der Waals surface area (Å²) in [5.41, 5.74) is 0.731. The third-order valence-corrected chi connectivity index (χ3v) is 4.59. The van der Waals surface area contributed by atoms with Gasteiger partial charge in [-0.15, -0.1) is 0 Å². The SMILES string of the molecule is OC1(C2CC2)CN(Cc2ccc(Br)cc2Cl)C1. The Morgan fingerprint density at radius 2 is 2.12 bits per heavy atom. The van der Waals surface area contributed by atoms with E-state index in [1.165, 1.54) is 12.8 Å². The summed E-state index contributed by atoms with van der Waals surface area (Å²) in [6.07, 6.45) is 2.40. The first-order valence-corrected chi connectivity index (χ1v) is 7.13. The summed E-state index contributed by atoms with van der Waals surface area (Å²) in [6, 6.07) is 5.97. The van der Waals surface area contributed by atoms with Gasteiger partial charge < -0.3 is 5.11 Å². The Morgan fingerprint density at radius 1 is 1.41 bits per heavy atom. The molecule has 17 heavy (non-hydrogen) atoms. The van der Waals surface area contributed by atoms with E-state index in [4.69, 9.17) is 11.6 Å². The first-order chi connectivity index (χ1) is 8.07. The summed E-state index contributed by atoms with van der Waals surface area (Å²) in [5, 5.41) is 11.0. The third-order valence-electron chi connectivity index (χ3n) is 3.74. The molecule has 0 amide bonds. The van der Waals surface area contributed by atoms with Crippen molar-refractivity contribution in [2.24, 2.45) is 5.92 Å². The summed E-state index contributed by atoms with van der Waals surface area (Å²) >= 11 is 9.58. The summed E-state index contributed by atoms with van der Waals surface area (Å²) in [7, 11) is 0. The van der Waals surface area contributed by atoms with E-state index in [0.29, 0.717) is 5.92 Å². The molecule has 2 fully saturated rings. The van der Waals surface area contributed by atoms with Gasteiger partial charge in [0, 0.05) is 29.1 Å². The lowest BCUT2D eigenvalue weighted by atomic mass is 9.88. The van der Waals surface area contributed by atoms with Gasteiger partial charge in [0.05, 0.1) is 5.60 Å². The summed E-state index contributed by atoms with van der Waals surface area (Å²) in [4.78, 5) is 2.26. The van der Waals surface area contributed by atoms with Crippen LogP contribution in [0.3, 0.4) is 0 Å². The third kappa shape index (κ3) is 2.39. The highest BCUT2D eigenvalue weighted by molar-refractivity contribution is 9.10. The zero-order valence-electron chi connectivity index (χ0n) is 9.50. The Labute approximate surface area is 115 Å². The maximum absolute atomic E-state index is 10.2. The van der Waals surface area contributed by atoms with Gasteiger partial charge in [-0.25, -0.2) is 0 Å². The molecule has 0 radical (unpaired) electrons. The molecule has 0 aromatic heterocycles. The van der Waals surface area contributed by atoms with Crippen LogP contribution in [0.4, 0.5) is 0 Å². The van der Waals surface area contributed by atoms with E-state index >= 15 is 0 Å². The molecule has 0 spiro atoms. The fourth-order valence-electron chi connectivity index (χ4n) is 2.61. The number of aliphatic hydroxyl groups is 1. The van der Waals surface area contributed by atoms with Crippen molar-refractivity contribution in [3.8, 4) is 0 Å². The smallest absolute Gasteiger partial charge is 0.0928 e. The van der Waals surface area contributed by atoms with Crippen LogP contribution < -0.4 is 0 Å². The molecule has 1 aromatic rings. The number of likely N-dealkylation sites (tertiary alicyclic amines) is 1. The second-order valence-electron chi connectivity index (χ2n) is 5.26. The molecule has 0 unspecified atom stereocenters. The van der Waals surface area contributed by atoms with Crippen LogP contribution in [0.25, 0.3) is 0 Å². The lowest BCUT2D eigenvalue weighted by molar-refractivity contribution is -0.116. The number of hydrogen-bond donors (Lipinski definition) is 1. The quantitative estimate of drug-likeness (QED) is 0.926. The molecule has 0 atom stereocenters. The minimum absolute atomic E-state index is 0.401. The molecule has 1 N–H and O–H groups in total. The normalized spacial score (nSPS) is 23.5. The van der Waals surface area contributed by atoms with Crippen molar-refractivity contribution in [2.45, 2.75) is 25.0 Å². The highest BCUT2D eigenvalue weighted by Crippen LogP contribution is 2.44. The molecule has 92 valence electrons. The van der Waals surface area contributed by atoms with Crippen molar-refractivity contribution < 1.29 is 5.11 Å². The van der Waals surface area contributed by atoms with Crippen LogP contribution >= 0.6 is 27.5 Å². The molecule has 1 saturated heterocycles. The number of hydrogen-bond acceptors (Lipinski definition) is 2. The van der Waals surface area contributed by atoms with Gasteiger partial charge in [-0.05, 0) is 36.5 Å². The summed E-state index contributed by atoms with van der Waals surface area (Å²) < 4.78 is 1.00. The standard InChI is InChI=1S/C13H15BrClNO/c14-11-4-1-9(12(15)5-11)6-16-7-13(17,8-16)10-2-3-10/h1,4-5,10,17H,2-3,6-8H2. The van der Waals surface area contributed by atoms with Crippen LogP contribution in [0, 0.1) is 5.92 Å². The molecule has 2 nitrogen and oxygen atoms in total. The molecule has 0 bridgehead atoms. The van der Waals surface area contributed by atoms with Crippen LogP contribution in [0.1, 0.15) is 18.4 Å². The Hall–Kier alpha value is -0.0900. The molecule has 1 heterocycles. The van der Waals surface area contributed by atoms with Crippen LogP contribution in [0.5, 0.6) is 0 Å². The molecular weight excluding hydrogens is 302 g/mol. The fraction of sp³-hybridized carbons (Fsp3) is 0.538. The van der Waals surface area contributed by atoms with Crippen LogP contribution in [0.2, 0.25) is 5.02 Å². The highest BCUT2D eigenvalue weighted by atomic mass is 79.9. The molecule has 1 saturated carbocycles. The monoisotopic (exact) mass is 315 g/mol. The maximum Gasteiger partial charge on any atom is 0.0928 e. The van der Waals surface area contributed by atoms with Gasteiger partial charge >= 0.3 is 0 Å². The molecule has 1 aromatic carbocycles. The first kappa shape index (κ1) is 12.0. The van der Waals surface area contributed by atoms with Gasteiger partial charge in [-0.1, -0.05) is 33.6 Å². The number of nitrogens with zero attached hydrogens (tertiary/aromatic N) is 1. The molecule has 4 heteroatoms. The van der Waals surface area contributed by atoms with E-state index in [9.17, 15) is 5.11 Å². The lowest BCUT2D eigenvalue weighted by Gasteiger charge is -2.47. The largest absolute Gasteiger partial charge is 0.387 e. The van der Waals surface area contributed by atoms with Crippen LogP contribution in [-0.2, 0) is 6.54 Å². The lowest BCUT2D eigenvalue weighted by Crippen LogP contribution is -2.62. The maximum atomic E-state index is 10.2. The fourth-order valence-corrected chi connectivity index (χ4v) is 3.34. The number of benzene rings is 1. The Morgan fingerprint density at radius 3 is 2.71 bits per heavy atom. The van der Waals surface area contributed by atoms with Gasteiger partial charge in [0.1, 0.15) is 0 Å². The zero-order valence-corrected chi connectivity index (χ0v) is 11.8. The van der Waals surface area contributed by atoms with E-state index in [1.807, 2.05) is 18.2 Å². The van der Waals surface area contributed by atoms with Crippen molar-refractivity contribution in [1.29, 1.82) is 0 Å². The van der Waals surface area contributed by atoms with Gasteiger partial charge in [0.2, 0.25) is 0 Å². The average molecular weight is 317 g/mol. The first-order valence-electron chi connectivity index (χ1n) is 5.95. The van der Waals surface area contributed by atoms with Gasteiger partial charge in [-0.2, -0.15) is 0 Å². The van der Waals surface area contributed by atoms with E-state index in [0.717, 1.165) is 34.7 Å². The summed E-state index contributed by atoms with van der Waals surface area (Å²) in [5.74, 6) is 0.555. The zero-order chi connectivity index (χ0) is 12.0. The number of β-amino-alcohol motifs (C(OH)–C–C–N with tert-alkyl or cyclic N) is 1. The predicted molar refractivity (Wildman–Crippen MR) is 72.1 cm³/mol. The minimum atomic E-state index is -0.401. The number of halogens is 2. The van der Waals surface area contributed by atoms with Crippen molar-refractivity contribution in [3.05, 3.63) is 33.3 Å². The second kappa shape index (κ2) is 4.23. The van der Waals surface area contributed by atoms with E-state index in [-0.39, 0.29) is 0 Å². The van der Waals surface area contributed by atoms with Crippen molar-refractivity contribution in [1.82, 2.24) is 4.90 Å².